The molecule has 1 aromatic heterocycles. The maximum absolute atomic E-state index is 13.8. The fourth-order valence-corrected chi connectivity index (χ4v) is 4.86. The summed E-state index contributed by atoms with van der Waals surface area (Å²) in [5.41, 5.74) is 4.56. The molecule has 4 aromatic rings. The SMILES string of the molecule is CN1C(=O)C(NC(=O)C(Cc2ccc(Cl)c(Cl)c2)c2ccccc2)N=C(c2ccncc2)c2ccccc21. The number of amides is 2. The number of nitrogens with zero attached hydrogens (tertiary/aromatic N) is 3. The number of rotatable bonds is 6. The number of carbonyl (C=O) groups is 2. The molecule has 2 atom stereocenters. The number of carbonyl (C=O) groups excluding carboxylic acids is 2. The molecule has 0 saturated carbocycles. The molecule has 5 rings (SSSR count). The minimum Gasteiger partial charge on any atom is -0.326 e. The molecule has 3 aromatic carbocycles. The van der Waals surface area contributed by atoms with Crippen molar-refractivity contribution in [2.45, 2.75) is 18.5 Å². The molecule has 0 fully saturated rings. The van der Waals surface area contributed by atoms with E-state index in [0.29, 0.717) is 27.9 Å². The van der Waals surface area contributed by atoms with E-state index >= 15 is 0 Å². The Labute approximate surface area is 231 Å². The highest BCUT2D eigenvalue weighted by Crippen LogP contribution is 2.29. The molecule has 2 unspecified atom stereocenters. The number of nitrogens with one attached hydrogen (secondary N) is 1. The van der Waals surface area contributed by atoms with Crippen molar-refractivity contribution in [1.29, 1.82) is 0 Å². The highest BCUT2D eigenvalue weighted by Gasteiger charge is 2.33. The van der Waals surface area contributed by atoms with E-state index in [-0.39, 0.29) is 11.8 Å². The molecule has 1 N–H and O–H groups in total. The molecule has 38 heavy (non-hydrogen) atoms. The largest absolute Gasteiger partial charge is 0.326 e. The third-order valence-corrected chi connectivity index (χ3v) is 7.26. The number of para-hydroxylation sites is 1. The second kappa shape index (κ2) is 11.2. The first-order valence-electron chi connectivity index (χ1n) is 12.1. The number of hydrogen-bond acceptors (Lipinski definition) is 4. The molecule has 0 bridgehead atoms. The summed E-state index contributed by atoms with van der Waals surface area (Å²) in [7, 11) is 1.69. The summed E-state index contributed by atoms with van der Waals surface area (Å²) in [6.45, 7) is 0. The monoisotopic (exact) mass is 542 g/mol. The van der Waals surface area contributed by atoms with E-state index in [2.05, 4.69) is 10.3 Å². The molecule has 2 heterocycles. The van der Waals surface area contributed by atoms with Gasteiger partial charge in [-0.05, 0) is 47.9 Å². The molecule has 2 amide bonds. The lowest BCUT2D eigenvalue weighted by Crippen LogP contribution is -2.47. The van der Waals surface area contributed by atoms with Crippen LogP contribution in [0.3, 0.4) is 0 Å². The predicted molar refractivity (Wildman–Crippen MR) is 151 cm³/mol. The predicted octanol–water partition coefficient (Wildman–Crippen LogP) is 5.67. The van der Waals surface area contributed by atoms with Gasteiger partial charge < -0.3 is 10.2 Å². The molecule has 190 valence electrons. The van der Waals surface area contributed by atoms with E-state index in [9.17, 15) is 9.59 Å². The molecule has 6 nitrogen and oxygen atoms in total. The van der Waals surface area contributed by atoms with Gasteiger partial charge in [-0.3, -0.25) is 14.6 Å². The first kappa shape index (κ1) is 25.6. The average Bonchev–Trinajstić information content (AvgIpc) is 3.05. The lowest BCUT2D eigenvalue weighted by Gasteiger charge is -2.23. The fourth-order valence-electron chi connectivity index (χ4n) is 4.54. The number of aliphatic imine (C=N–C) groups is 1. The first-order chi connectivity index (χ1) is 18.4. The standard InChI is InChI=1S/C30H24Cl2N4O2/c1-36-26-10-6-5-9-22(26)27(21-13-15-33-16-14-21)34-28(30(36)38)35-29(37)23(20-7-3-2-4-8-20)17-19-11-12-24(31)25(32)18-19/h2-16,18,23,28H,17H2,1H3,(H,35,37). The van der Waals surface area contributed by atoms with Crippen LogP contribution in [0.4, 0.5) is 5.69 Å². The number of likely N-dealkylation sites (N-methyl/N-ethyl adjacent to an activating group) is 1. The topological polar surface area (TPSA) is 74.7 Å². The van der Waals surface area contributed by atoms with Gasteiger partial charge in [-0.1, -0.05) is 77.8 Å². The summed E-state index contributed by atoms with van der Waals surface area (Å²) >= 11 is 12.3. The Kier molecular flexibility index (Phi) is 7.54. The third-order valence-electron chi connectivity index (χ3n) is 6.52. The van der Waals surface area contributed by atoms with Crippen LogP contribution in [0.25, 0.3) is 0 Å². The van der Waals surface area contributed by atoms with Crippen molar-refractivity contribution in [2.24, 2.45) is 4.99 Å². The minimum absolute atomic E-state index is 0.321. The van der Waals surface area contributed by atoms with Crippen molar-refractivity contribution < 1.29 is 9.59 Å². The van der Waals surface area contributed by atoms with E-state index in [1.54, 1.807) is 31.6 Å². The summed E-state index contributed by atoms with van der Waals surface area (Å²) in [6.07, 6.45) is 2.59. The average molecular weight is 543 g/mol. The van der Waals surface area contributed by atoms with Gasteiger partial charge in [0.2, 0.25) is 12.1 Å². The van der Waals surface area contributed by atoms with Crippen LogP contribution in [0.15, 0.2) is 102 Å². The highest BCUT2D eigenvalue weighted by atomic mass is 35.5. The number of benzene rings is 3. The van der Waals surface area contributed by atoms with Crippen LogP contribution >= 0.6 is 23.2 Å². The third kappa shape index (κ3) is 5.32. The second-order valence-corrected chi connectivity index (χ2v) is 9.77. The Hall–Kier alpha value is -4.00. The van der Waals surface area contributed by atoms with E-state index in [1.165, 1.54) is 4.90 Å². The summed E-state index contributed by atoms with van der Waals surface area (Å²) in [6, 6.07) is 26.0. The molecule has 1 aliphatic rings. The molecule has 0 radical (unpaired) electrons. The number of hydrogen-bond donors (Lipinski definition) is 1. The second-order valence-electron chi connectivity index (χ2n) is 8.95. The zero-order valence-electron chi connectivity index (χ0n) is 20.5. The quantitative estimate of drug-likeness (QED) is 0.341. The van der Waals surface area contributed by atoms with Gasteiger partial charge >= 0.3 is 0 Å². The zero-order valence-corrected chi connectivity index (χ0v) is 22.0. The minimum atomic E-state index is -1.12. The van der Waals surface area contributed by atoms with Gasteiger partial charge in [0, 0.05) is 30.6 Å². The summed E-state index contributed by atoms with van der Waals surface area (Å²) in [5.74, 6) is -1.24. The van der Waals surface area contributed by atoms with Gasteiger partial charge in [0.05, 0.1) is 27.4 Å². The van der Waals surface area contributed by atoms with Crippen LogP contribution in [-0.2, 0) is 16.0 Å². The number of pyridine rings is 1. The van der Waals surface area contributed by atoms with Crippen LogP contribution < -0.4 is 10.2 Å². The Morgan fingerprint density at radius 2 is 1.66 bits per heavy atom. The number of halogens is 2. The molecule has 0 spiro atoms. The maximum Gasteiger partial charge on any atom is 0.272 e. The van der Waals surface area contributed by atoms with E-state index in [4.69, 9.17) is 28.2 Å². The molecule has 1 aliphatic heterocycles. The maximum atomic E-state index is 13.8. The van der Waals surface area contributed by atoms with Crippen LogP contribution in [-0.4, -0.2) is 35.7 Å². The molecule has 0 aliphatic carbocycles. The first-order valence-corrected chi connectivity index (χ1v) is 12.8. The normalized spacial score (nSPS) is 15.8. The fraction of sp³-hybridized carbons (Fsp3) is 0.133. The summed E-state index contributed by atoms with van der Waals surface area (Å²) in [4.78, 5) is 37.8. The summed E-state index contributed by atoms with van der Waals surface area (Å²) in [5, 5.41) is 3.79. The van der Waals surface area contributed by atoms with E-state index in [1.807, 2.05) is 72.8 Å². The van der Waals surface area contributed by atoms with Crippen molar-refractivity contribution in [1.82, 2.24) is 10.3 Å². The van der Waals surface area contributed by atoms with Crippen molar-refractivity contribution in [3.63, 3.8) is 0 Å². The lowest BCUT2D eigenvalue weighted by atomic mass is 9.91. The van der Waals surface area contributed by atoms with Crippen molar-refractivity contribution in [3.8, 4) is 0 Å². The van der Waals surface area contributed by atoms with Crippen LogP contribution in [0, 0.1) is 0 Å². The van der Waals surface area contributed by atoms with Crippen LogP contribution in [0.1, 0.15) is 28.2 Å². The number of fused-ring (bicyclic) bond motifs is 1. The number of aromatic nitrogens is 1. The van der Waals surface area contributed by atoms with E-state index < -0.39 is 12.1 Å². The van der Waals surface area contributed by atoms with Crippen molar-refractivity contribution >= 4 is 46.4 Å². The van der Waals surface area contributed by atoms with Gasteiger partial charge in [-0.25, -0.2) is 4.99 Å². The van der Waals surface area contributed by atoms with Crippen molar-refractivity contribution in [2.75, 3.05) is 11.9 Å². The summed E-state index contributed by atoms with van der Waals surface area (Å²) < 4.78 is 0. The molecule has 0 saturated heterocycles. The van der Waals surface area contributed by atoms with Gasteiger partial charge in [-0.15, -0.1) is 0 Å². The molecule has 8 heteroatoms. The van der Waals surface area contributed by atoms with Gasteiger partial charge in [-0.2, -0.15) is 0 Å². The Morgan fingerprint density at radius 1 is 0.947 bits per heavy atom. The Morgan fingerprint density at radius 3 is 2.39 bits per heavy atom. The lowest BCUT2D eigenvalue weighted by molar-refractivity contribution is -0.128. The van der Waals surface area contributed by atoms with Gasteiger partial charge in [0.25, 0.3) is 5.91 Å². The zero-order chi connectivity index (χ0) is 26.6. The van der Waals surface area contributed by atoms with E-state index in [0.717, 1.165) is 22.3 Å². The number of anilines is 1. The Balaban J connectivity index is 1.52. The van der Waals surface area contributed by atoms with Crippen LogP contribution in [0.5, 0.6) is 0 Å². The number of benzodiazepines with no additional fused rings is 1. The van der Waals surface area contributed by atoms with Gasteiger partial charge in [0.15, 0.2) is 0 Å². The smallest absolute Gasteiger partial charge is 0.272 e. The molecular formula is C30H24Cl2N4O2. The Bertz CT molecular complexity index is 1510. The highest BCUT2D eigenvalue weighted by molar-refractivity contribution is 6.42. The van der Waals surface area contributed by atoms with Gasteiger partial charge in [0.1, 0.15) is 0 Å². The van der Waals surface area contributed by atoms with Crippen molar-refractivity contribution in [3.05, 3.63) is 130 Å². The molecular weight excluding hydrogens is 519 g/mol. The van der Waals surface area contributed by atoms with Crippen LogP contribution in [0.2, 0.25) is 10.0 Å².